The van der Waals surface area contributed by atoms with Crippen LogP contribution in [0.4, 0.5) is 5.69 Å². The van der Waals surface area contributed by atoms with Crippen LogP contribution in [0.3, 0.4) is 0 Å². The summed E-state index contributed by atoms with van der Waals surface area (Å²) in [4.78, 5) is 57.7. The maximum Gasteiger partial charge on any atom is 0.244 e. The van der Waals surface area contributed by atoms with Gasteiger partial charge in [0.05, 0.1) is 28.3 Å². The SMILES string of the molecule is CN[C@H](Cc1ccccc1)C(=O)NC(=O)[C@@H]1CCCN1[C@@H](CCCNC(=N)N)C(=O)c1nc2ccc(NC=O)cc2s1. The van der Waals surface area contributed by atoms with Crippen molar-refractivity contribution in [1.29, 1.82) is 5.41 Å². The van der Waals surface area contributed by atoms with Gasteiger partial charge in [-0.1, -0.05) is 30.3 Å². The maximum absolute atomic E-state index is 13.9. The van der Waals surface area contributed by atoms with Gasteiger partial charge in [0.2, 0.25) is 24.0 Å². The number of thiazole rings is 1. The van der Waals surface area contributed by atoms with Crippen LogP contribution in [0.1, 0.15) is 41.0 Å². The van der Waals surface area contributed by atoms with E-state index in [2.05, 4.69) is 26.3 Å². The van der Waals surface area contributed by atoms with E-state index >= 15 is 0 Å². The van der Waals surface area contributed by atoms with Gasteiger partial charge in [-0.3, -0.25) is 34.8 Å². The first-order valence-corrected chi connectivity index (χ1v) is 14.7. The molecule has 3 aromatic rings. The molecule has 13 heteroatoms. The Morgan fingerprint density at radius 2 is 2.00 bits per heavy atom. The predicted molar refractivity (Wildman–Crippen MR) is 162 cm³/mol. The summed E-state index contributed by atoms with van der Waals surface area (Å²) in [6.45, 7) is 0.910. The van der Waals surface area contributed by atoms with E-state index in [4.69, 9.17) is 11.1 Å². The summed E-state index contributed by atoms with van der Waals surface area (Å²) in [5.41, 5.74) is 7.62. The summed E-state index contributed by atoms with van der Waals surface area (Å²) >= 11 is 1.23. The molecule has 222 valence electrons. The molecule has 1 aliphatic heterocycles. The van der Waals surface area contributed by atoms with E-state index in [9.17, 15) is 19.2 Å². The summed E-state index contributed by atoms with van der Waals surface area (Å²) in [5, 5.41) is 18.7. The number of guanidine groups is 1. The van der Waals surface area contributed by atoms with E-state index in [-0.39, 0.29) is 11.7 Å². The largest absolute Gasteiger partial charge is 0.370 e. The Morgan fingerprint density at radius 3 is 2.71 bits per heavy atom. The Balaban J connectivity index is 1.51. The minimum atomic E-state index is -0.662. The van der Waals surface area contributed by atoms with Crippen LogP contribution in [0.2, 0.25) is 0 Å². The van der Waals surface area contributed by atoms with E-state index in [1.807, 2.05) is 35.2 Å². The molecule has 2 aromatic carbocycles. The van der Waals surface area contributed by atoms with E-state index in [0.29, 0.717) is 67.8 Å². The Hall–Kier alpha value is -4.20. The zero-order valence-electron chi connectivity index (χ0n) is 23.4. The first-order valence-electron chi connectivity index (χ1n) is 13.8. The van der Waals surface area contributed by atoms with Gasteiger partial charge < -0.3 is 21.7 Å². The number of Topliss-reactive ketones (excluding diaryl/α,β-unsaturated/α-hetero) is 1. The third-order valence-electron chi connectivity index (χ3n) is 7.29. The van der Waals surface area contributed by atoms with Crippen LogP contribution in [0.15, 0.2) is 48.5 Å². The molecule has 3 amide bonds. The van der Waals surface area contributed by atoms with Gasteiger partial charge in [0.25, 0.3) is 0 Å². The monoisotopic (exact) mass is 592 g/mol. The highest BCUT2D eigenvalue weighted by Gasteiger charge is 2.40. The van der Waals surface area contributed by atoms with Crippen molar-refractivity contribution in [2.45, 2.75) is 50.2 Å². The smallest absolute Gasteiger partial charge is 0.244 e. The van der Waals surface area contributed by atoms with Crippen molar-refractivity contribution in [3.8, 4) is 0 Å². The number of hydrogen-bond acceptors (Lipinski definition) is 9. The fourth-order valence-electron chi connectivity index (χ4n) is 5.21. The van der Waals surface area contributed by atoms with Gasteiger partial charge in [0, 0.05) is 12.2 Å². The van der Waals surface area contributed by atoms with Crippen molar-refractivity contribution in [2.75, 3.05) is 25.5 Å². The number of nitrogens with zero attached hydrogens (tertiary/aromatic N) is 2. The van der Waals surface area contributed by atoms with Gasteiger partial charge in [-0.2, -0.15) is 0 Å². The molecule has 3 atom stereocenters. The molecule has 1 aliphatic rings. The zero-order valence-corrected chi connectivity index (χ0v) is 24.2. The Bertz CT molecular complexity index is 1430. The van der Waals surface area contributed by atoms with Crippen molar-refractivity contribution in [3.63, 3.8) is 0 Å². The van der Waals surface area contributed by atoms with E-state index < -0.39 is 29.9 Å². The number of likely N-dealkylation sites (tertiary alicyclic amines) is 1. The number of carbonyl (C=O) groups is 4. The van der Waals surface area contributed by atoms with Gasteiger partial charge in [-0.25, -0.2) is 4.98 Å². The molecule has 1 fully saturated rings. The van der Waals surface area contributed by atoms with Gasteiger partial charge in [0.15, 0.2) is 11.0 Å². The lowest BCUT2D eigenvalue weighted by Crippen LogP contribution is -2.54. The molecule has 0 aliphatic carbocycles. The van der Waals surface area contributed by atoms with Crippen LogP contribution in [-0.4, -0.2) is 78.1 Å². The normalized spacial score (nSPS) is 16.5. The molecule has 7 N–H and O–H groups in total. The fourth-order valence-corrected chi connectivity index (χ4v) is 6.20. The summed E-state index contributed by atoms with van der Waals surface area (Å²) in [7, 11) is 1.68. The number of amides is 3. The maximum atomic E-state index is 13.9. The van der Waals surface area contributed by atoms with Crippen molar-refractivity contribution < 1.29 is 19.2 Å². The quantitative estimate of drug-likeness (QED) is 0.0533. The molecule has 1 saturated heterocycles. The van der Waals surface area contributed by atoms with Gasteiger partial charge in [-0.05, 0) is 69.5 Å². The van der Waals surface area contributed by atoms with Crippen molar-refractivity contribution >= 4 is 57.2 Å². The lowest BCUT2D eigenvalue weighted by molar-refractivity contribution is -0.134. The molecule has 1 aromatic heterocycles. The van der Waals surface area contributed by atoms with Crippen molar-refractivity contribution in [3.05, 3.63) is 59.1 Å². The van der Waals surface area contributed by atoms with E-state index in [0.717, 1.165) is 10.3 Å². The second kappa shape index (κ2) is 14.6. The minimum Gasteiger partial charge on any atom is -0.370 e. The van der Waals surface area contributed by atoms with Gasteiger partial charge in [0.1, 0.15) is 0 Å². The molecule has 2 heterocycles. The molecule has 12 nitrogen and oxygen atoms in total. The number of fused-ring (bicyclic) bond motifs is 1. The highest BCUT2D eigenvalue weighted by molar-refractivity contribution is 7.20. The number of imide groups is 1. The molecule has 0 radical (unpaired) electrons. The summed E-state index contributed by atoms with van der Waals surface area (Å²) in [6, 6.07) is 12.9. The highest BCUT2D eigenvalue weighted by atomic mass is 32.1. The first kappa shape index (κ1) is 30.8. The standard InChI is InChI=1S/C29H36N8O4S/c1-32-21(15-18-7-3-2-4-8-18)26(40)36-27(41)23-10-6-14-37(23)22(9-5-13-33-29(30)31)25(39)28-35-20-12-11-19(34-17-38)16-24(20)42-28/h2-4,7-8,11-12,16-17,21-23,32H,5-6,9-10,13-15H2,1H3,(H,34,38)(H4,30,31,33)(H,36,40,41)/t21-,22+,23+/m1/s1. The average Bonchev–Trinajstić information content (AvgIpc) is 3.63. The number of rotatable bonds is 14. The van der Waals surface area contributed by atoms with E-state index in [1.54, 1.807) is 25.2 Å². The number of nitrogens with two attached hydrogens (primary N) is 1. The number of likely N-dealkylation sites (N-methyl/N-ethyl adjacent to an activating group) is 1. The second-order valence-corrected chi connectivity index (χ2v) is 11.1. The van der Waals surface area contributed by atoms with Gasteiger partial charge in [-0.15, -0.1) is 11.3 Å². The second-order valence-electron chi connectivity index (χ2n) is 10.1. The van der Waals surface area contributed by atoms with Crippen molar-refractivity contribution in [1.82, 2.24) is 25.8 Å². The van der Waals surface area contributed by atoms with E-state index in [1.165, 1.54) is 11.3 Å². The fraction of sp³-hybridized carbons (Fsp3) is 0.379. The molecule has 4 rings (SSSR count). The third-order valence-corrected chi connectivity index (χ3v) is 8.32. The van der Waals surface area contributed by atoms with Crippen LogP contribution < -0.4 is 27.0 Å². The molecule has 0 saturated carbocycles. The predicted octanol–water partition coefficient (Wildman–Crippen LogP) is 1.62. The number of nitrogens with one attached hydrogen (secondary N) is 5. The summed E-state index contributed by atoms with van der Waals surface area (Å²) in [6.07, 6.45) is 3.15. The summed E-state index contributed by atoms with van der Waals surface area (Å²) < 4.78 is 0.750. The third kappa shape index (κ3) is 7.75. The molecular formula is C29H36N8O4S. The lowest BCUT2D eigenvalue weighted by atomic mass is 10.0. The molecular weight excluding hydrogens is 556 g/mol. The molecule has 0 unspecified atom stereocenters. The van der Waals surface area contributed by atoms with Crippen LogP contribution in [0, 0.1) is 5.41 Å². The van der Waals surface area contributed by atoms with Crippen LogP contribution >= 0.6 is 11.3 Å². The lowest BCUT2D eigenvalue weighted by Gasteiger charge is -2.31. The number of aromatic nitrogens is 1. The first-order chi connectivity index (χ1) is 20.3. The number of anilines is 1. The Morgan fingerprint density at radius 1 is 1.21 bits per heavy atom. The van der Waals surface area contributed by atoms with Crippen LogP contribution in [0.5, 0.6) is 0 Å². The number of ketones is 1. The number of carbonyl (C=O) groups excluding carboxylic acids is 4. The summed E-state index contributed by atoms with van der Waals surface area (Å²) in [5.74, 6) is -1.22. The number of benzene rings is 2. The van der Waals surface area contributed by atoms with Crippen LogP contribution in [-0.2, 0) is 20.8 Å². The molecule has 0 spiro atoms. The number of hydrogen-bond donors (Lipinski definition) is 6. The zero-order chi connectivity index (χ0) is 30.1. The average molecular weight is 593 g/mol. The molecule has 0 bridgehead atoms. The molecule has 42 heavy (non-hydrogen) atoms. The van der Waals surface area contributed by atoms with Gasteiger partial charge >= 0.3 is 0 Å². The minimum absolute atomic E-state index is 0.157. The Kier molecular flexibility index (Phi) is 10.7. The highest BCUT2D eigenvalue weighted by Crippen LogP contribution is 2.30. The van der Waals surface area contributed by atoms with Crippen molar-refractivity contribution in [2.24, 2.45) is 5.73 Å². The topological polar surface area (TPSA) is 182 Å². The Labute approximate surface area is 247 Å². The van der Waals surface area contributed by atoms with Crippen LogP contribution in [0.25, 0.3) is 10.2 Å².